The highest BCUT2D eigenvalue weighted by Gasteiger charge is 2.19. The molecule has 0 spiro atoms. The lowest BCUT2D eigenvalue weighted by molar-refractivity contribution is 0.281. The second kappa shape index (κ2) is 9.60. The van der Waals surface area contributed by atoms with Crippen LogP contribution in [-0.2, 0) is 0 Å². The highest BCUT2D eigenvalue weighted by molar-refractivity contribution is 7.12. The Balaban J connectivity index is 1.37. The van der Waals surface area contributed by atoms with Gasteiger partial charge in [0.1, 0.15) is 11.1 Å². The average molecular weight is 513 g/mol. The van der Waals surface area contributed by atoms with Gasteiger partial charge in [-0.2, -0.15) is 9.50 Å². The van der Waals surface area contributed by atoms with Gasteiger partial charge in [-0.05, 0) is 44.8 Å². The van der Waals surface area contributed by atoms with Gasteiger partial charge in [0.2, 0.25) is 11.1 Å². The van der Waals surface area contributed by atoms with Gasteiger partial charge in [0, 0.05) is 41.5 Å². The van der Waals surface area contributed by atoms with Crippen LogP contribution in [0.2, 0.25) is 0 Å². The number of rotatable bonds is 8. The second-order valence-corrected chi connectivity index (χ2v) is 9.66. The standard InChI is InChI=1S/C26H24N8O2S/c1-32(2)12-6-13-36-18-8-5-7-17(15-18)29-25-28-16-20-22(31-25)30-23-19-9-3-4-10-21(19)33(34(23)24(20)35)26-27-11-14-37-26/h3-5,7-11,14-16H,6,12-13H2,1-2H3,(H,28,29,31). The van der Waals surface area contributed by atoms with Gasteiger partial charge in [-0.3, -0.25) is 4.79 Å². The Kier molecular flexibility index (Phi) is 5.99. The van der Waals surface area contributed by atoms with E-state index < -0.39 is 0 Å². The number of hydrogen-bond donors (Lipinski definition) is 1. The maximum atomic E-state index is 13.6. The summed E-state index contributed by atoms with van der Waals surface area (Å²) in [6.07, 6.45) is 4.16. The van der Waals surface area contributed by atoms with E-state index in [-0.39, 0.29) is 5.56 Å². The first kappa shape index (κ1) is 23.1. The molecule has 0 aliphatic heterocycles. The lowest BCUT2D eigenvalue weighted by Gasteiger charge is -2.11. The number of ether oxygens (including phenoxy) is 1. The van der Waals surface area contributed by atoms with Crippen LogP contribution in [0.1, 0.15) is 6.42 Å². The van der Waals surface area contributed by atoms with Crippen molar-refractivity contribution >= 4 is 50.6 Å². The first-order chi connectivity index (χ1) is 18.1. The monoisotopic (exact) mass is 512 g/mol. The van der Waals surface area contributed by atoms with E-state index in [4.69, 9.17) is 9.72 Å². The van der Waals surface area contributed by atoms with Gasteiger partial charge in [0.15, 0.2) is 11.3 Å². The SMILES string of the molecule is CN(C)CCCOc1cccc(Nc2ncc3c(=O)n4c(nc3n2)c2ccccc2n4-c2nccs2)c1. The highest BCUT2D eigenvalue weighted by Crippen LogP contribution is 2.26. The number of aromatic nitrogens is 6. The van der Waals surface area contributed by atoms with Crippen LogP contribution in [-0.4, -0.2) is 61.3 Å². The Labute approximate surface area is 215 Å². The van der Waals surface area contributed by atoms with Gasteiger partial charge >= 0.3 is 0 Å². The summed E-state index contributed by atoms with van der Waals surface area (Å²) in [6.45, 7) is 1.60. The predicted molar refractivity (Wildman–Crippen MR) is 145 cm³/mol. The van der Waals surface area contributed by atoms with E-state index in [1.807, 2.05) is 68.0 Å². The fourth-order valence-electron chi connectivity index (χ4n) is 4.21. The van der Waals surface area contributed by atoms with Crippen LogP contribution in [0.15, 0.2) is 71.1 Å². The summed E-state index contributed by atoms with van der Waals surface area (Å²) in [7, 11) is 4.09. The molecule has 6 rings (SSSR count). The summed E-state index contributed by atoms with van der Waals surface area (Å²) in [5, 5.41) is 6.92. The Hall–Kier alpha value is -4.35. The van der Waals surface area contributed by atoms with Crippen LogP contribution in [0, 0.1) is 0 Å². The topological polar surface area (TPSA) is 102 Å². The number of nitrogens with zero attached hydrogens (tertiary/aromatic N) is 7. The lowest BCUT2D eigenvalue weighted by atomic mass is 10.2. The minimum atomic E-state index is -0.258. The van der Waals surface area contributed by atoms with Gasteiger partial charge in [-0.15, -0.1) is 11.3 Å². The molecule has 0 unspecified atom stereocenters. The van der Waals surface area contributed by atoms with Crippen LogP contribution >= 0.6 is 11.3 Å². The Morgan fingerprint density at radius 1 is 1.05 bits per heavy atom. The first-order valence-corrected chi connectivity index (χ1v) is 12.7. The molecule has 6 aromatic rings. The van der Waals surface area contributed by atoms with Gasteiger partial charge in [-0.1, -0.05) is 18.2 Å². The Morgan fingerprint density at radius 2 is 1.95 bits per heavy atom. The zero-order chi connectivity index (χ0) is 25.4. The molecule has 37 heavy (non-hydrogen) atoms. The minimum Gasteiger partial charge on any atom is -0.493 e. The highest BCUT2D eigenvalue weighted by atomic mass is 32.1. The smallest absolute Gasteiger partial charge is 0.284 e. The summed E-state index contributed by atoms with van der Waals surface area (Å²) in [6, 6.07) is 15.4. The summed E-state index contributed by atoms with van der Waals surface area (Å²) >= 11 is 1.45. The molecular formula is C26H24N8O2S. The molecule has 0 aliphatic carbocycles. The summed E-state index contributed by atoms with van der Waals surface area (Å²) in [4.78, 5) is 33.9. The molecule has 0 atom stereocenters. The summed E-state index contributed by atoms with van der Waals surface area (Å²) in [5.74, 6) is 1.11. The fourth-order valence-corrected chi connectivity index (χ4v) is 4.86. The van der Waals surface area contributed by atoms with Crippen LogP contribution in [0.3, 0.4) is 0 Å². The van der Waals surface area contributed by atoms with E-state index in [2.05, 4.69) is 25.2 Å². The van der Waals surface area contributed by atoms with Crippen molar-refractivity contribution in [2.45, 2.75) is 6.42 Å². The normalized spacial score (nSPS) is 11.6. The first-order valence-electron chi connectivity index (χ1n) is 11.8. The van der Waals surface area contributed by atoms with Crippen molar-refractivity contribution < 1.29 is 4.74 Å². The van der Waals surface area contributed by atoms with Crippen LogP contribution in [0.4, 0.5) is 11.6 Å². The molecule has 4 heterocycles. The minimum absolute atomic E-state index is 0.258. The molecule has 0 aliphatic rings. The molecule has 186 valence electrons. The summed E-state index contributed by atoms with van der Waals surface area (Å²) in [5.41, 5.74) is 2.20. The maximum Gasteiger partial charge on any atom is 0.284 e. The van der Waals surface area contributed by atoms with Crippen molar-refractivity contribution in [3.8, 4) is 10.9 Å². The molecule has 2 aromatic carbocycles. The number of thiazole rings is 1. The Bertz CT molecular complexity index is 1780. The number of benzene rings is 2. The van der Waals surface area contributed by atoms with Crippen molar-refractivity contribution in [1.29, 1.82) is 0 Å². The second-order valence-electron chi connectivity index (χ2n) is 8.79. The van der Waals surface area contributed by atoms with E-state index >= 15 is 0 Å². The van der Waals surface area contributed by atoms with Gasteiger partial charge < -0.3 is 15.0 Å². The molecule has 0 bridgehead atoms. The number of anilines is 2. The predicted octanol–water partition coefficient (Wildman–Crippen LogP) is 4.11. The van der Waals surface area contributed by atoms with Crippen molar-refractivity contribution in [3.05, 3.63) is 76.7 Å². The zero-order valence-corrected chi connectivity index (χ0v) is 21.1. The fraction of sp³-hybridized carbons (Fsp3) is 0.192. The summed E-state index contributed by atoms with van der Waals surface area (Å²) < 4.78 is 9.21. The molecule has 0 saturated heterocycles. The third-order valence-corrected chi connectivity index (χ3v) is 6.63. The number of nitrogens with one attached hydrogen (secondary N) is 1. The van der Waals surface area contributed by atoms with E-state index in [0.717, 1.165) is 35.3 Å². The number of fused-ring (bicyclic) bond motifs is 4. The van der Waals surface area contributed by atoms with E-state index in [0.29, 0.717) is 34.4 Å². The third-order valence-electron chi connectivity index (χ3n) is 5.89. The molecule has 0 fully saturated rings. The number of hydrogen-bond acceptors (Lipinski definition) is 9. The third kappa shape index (κ3) is 4.39. The van der Waals surface area contributed by atoms with Crippen LogP contribution in [0.5, 0.6) is 5.75 Å². The van der Waals surface area contributed by atoms with Crippen LogP contribution < -0.4 is 15.6 Å². The molecular weight excluding hydrogens is 488 g/mol. The zero-order valence-electron chi connectivity index (χ0n) is 20.3. The van der Waals surface area contributed by atoms with Gasteiger partial charge in [-0.25, -0.2) is 19.6 Å². The molecule has 10 nitrogen and oxygen atoms in total. The molecule has 0 amide bonds. The quantitative estimate of drug-likeness (QED) is 0.304. The van der Waals surface area contributed by atoms with Gasteiger partial charge in [0.25, 0.3) is 5.56 Å². The van der Waals surface area contributed by atoms with Crippen molar-refractivity contribution in [1.82, 2.24) is 34.0 Å². The number of para-hydroxylation sites is 1. The van der Waals surface area contributed by atoms with Gasteiger partial charge in [0.05, 0.1) is 12.1 Å². The average Bonchev–Trinajstić information content (AvgIpc) is 3.53. The van der Waals surface area contributed by atoms with Crippen molar-refractivity contribution in [2.24, 2.45) is 0 Å². The largest absolute Gasteiger partial charge is 0.493 e. The van der Waals surface area contributed by atoms with E-state index in [9.17, 15) is 4.79 Å². The molecule has 0 radical (unpaired) electrons. The van der Waals surface area contributed by atoms with E-state index in [1.165, 1.54) is 17.5 Å². The Morgan fingerprint density at radius 3 is 2.78 bits per heavy atom. The maximum absolute atomic E-state index is 13.6. The van der Waals surface area contributed by atoms with Crippen molar-refractivity contribution in [3.63, 3.8) is 0 Å². The molecule has 0 saturated carbocycles. The molecule has 11 heteroatoms. The van der Waals surface area contributed by atoms with Crippen LogP contribution in [0.25, 0.3) is 32.7 Å². The van der Waals surface area contributed by atoms with Crippen molar-refractivity contribution in [2.75, 3.05) is 32.6 Å². The van der Waals surface area contributed by atoms with E-state index in [1.54, 1.807) is 15.4 Å². The molecule has 4 aromatic heterocycles. The molecule has 1 N–H and O–H groups in total. The lowest BCUT2D eigenvalue weighted by Crippen LogP contribution is -2.21.